The van der Waals surface area contributed by atoms with E-state index in [1.165, 1.54) is 16.4 Å². The van der Waals surface area contributed by atoms with Gasteiger partial charge in [-0.05, 0) is 48.9 Å². The Balaban J connectivity index is 1.94. The van der Waals surface area contributed by atoms with E-state index in [1.807, 2.05) is 6.92 Å². The molecule has 3 N–H and O–H groups in total. The summed E-state index contributed by atoms with van der Waals surface area (Å²) < 4.78 is 26.4. The lowest BCUT2D eigenvalue weighted by molar-refractivity contribution is -0.114. The van der Waals surface area contributed by atoms with Gasteiger partial charge in [-0.25, -0.2) is 8.42 Å². The third-order valence-electron chi connectivity index (χ3n) is 4.59. The highest BCUT2D eigenvalue weighted by atomic mass is 32.2. The van der Waals surface area contributed by atoms with Crippen LogP contribution in [0.4, 0.5) is 11.4 Å². The maximum absolute atomic E-state index is 12.5. The standard InChI is InChI=1S/C22H30N4O4S/c1-4-14-23-22(28)17-8-7-9-19(15-17)24-16-21(27)25-18-10-12-20(13-11-18)31(29,30)26(5-2)6-3/h7-13,15,24H,4-6,14,16H2,1-3H3,(H,23,28)(H,25,27). The van der Waals surface area contributed by atoms with Gasteiger partial charge in [0.15, 0.2) is 0 Å². The van der Waals surface area contributed by atoms with E-state index in [9.17, 15) is 18.0 Å². The van der Waals surface area contributed by atoms with E-state index in [0.29, 0.717) is 36.6 Å². The van der Waals surface area contributed by atoms with Gasteiger partial charge in [-0.15, -0.1) is 0 Å². The molecular formula is C22H30N4O4S. The number of amides is 2. The Bertz CT molecular complexity index is 987. The van der Waals surface area contributed by atoms with Crippen LogP contribution in [0.3, 0.4) is 0 Å². The van der Waals surface area contributed by atoms with Crippen LogP contribution in [0.2, 0.25) is 0 Å². The molecule has 0 aliphatic carbocycles. The van der Waals surface area contributed by atoms with Gasteiger partial charge in [-0.2, -0.15) is 4.31 Å². The summed E-state index contributed by atoms with van der Waals surface area (Å²) in [5.74, 6) is -0.449. The second-order valence-corrected chi connectivity index (χ2v) is 8.79. The maximum Gasteiger partial charge on any atom is 0.251 e. The zero-order valence-electron chi connectivity index (χ0n) is 18.1. The fourth-order valence-electron chi connectivity index (χ4n) is 2.92. The molecular weight excluding hydrogens is 416 g/mol. The topological polar surface area (TPSA) is 108 Å². The van der Waals surface area contributed by atoms with Crippen LogP contribution in [0.5, 0.6) is 0 Å². The van der Waals surface area contributed by atoms with Crippen molar-refractivity contribution < 1.29 is 18.0 Å². The van der Waals surface area contributed by atoms with Crippen LogP contribution in [-0.4, -0.2) is 50.7 Å². The van der Waals surface area contributed by atoms with Crippen LogP contribution >= 0.6 is 0 Å². The van der Waals surface area contributed by atoms with Crippen molar-refractivity contribution in [2.24, 2.45) is 0 Å². The first kappa shape index (κ1) is 24.4. The van der Waals surface area contributed by atoms with E-state index in [0.717, 1.165) is 6.42 Å². The summed E-state index contributed by atoms with van der Waals surface area (Å²) in [6.45, 7) is 6.95. The number of carbonyl (C=O) groups is 2. The Morgan fingerprint density at radius 3 is 2.23 bits per heavy atom. The molecule has 0 atom stereocenters. The summed E-state index contributed by atoms with van der Waals surface area (Å²) in [4.78, 5) is 24.5. The van der Waals surface area contributed by atoms with Crippen LogP contribution in [0.1, 0.15) is 37.6 Å². The van der Waals surface area contributed by atoms with Gasteiger partial charge in [0.2, 0.25) is 15.9 Å². The molecule has 0 radical (unpaired) electrons. The molecule has 2 amide bonds. The Morgan fingerprint density at radius 1 is 0.935 bits per heavy atom. The van der Waals surface area contributed by atoms with Crippen molar-refractivity contribution in [1.82, 2.24) is 9.62 Å². The van der Waals surface area contributed by atoms with Crippen LogP contribution in [-0.2, 0) is 14.8 Å². The smallest absolute Gasteiger partial charge is 0.251 e. The summed E-state index contributed by atoms with van der Waals surface area (Å²) in [7, 11) is -3.53. The second-order valence-electron chi connectivity index (χ2n) is 6.85. The first-order chi connectivity index (χ1) is 14.8. The van der Waals surface area contributed by atoms with Crippen molar-refractivity contribution in [3.8, 4) is 0 Å². The number of nitrogens with zero attached hydrogens (tertiary/aromatic N) is 1. The van der Waals surface area contributed by atoms with Gasteiger partial charge in [-0.1, -0.05) is 26.8 Å². The van der Waals surface area contributed by atoms with Crippen molar-refractivity contribution in [2.45, 2.75) is 32.1 Å². The normalized spacial score (nSPS) is 11.2. The third-order valence-corrected chi connectivity index (χ3v) is 6.66. The lowest BCUT2D eigenvalue weighted by atomic mass is 10.2. The van der Waals surface area contributed by atoms with Crippen molar-refractivity contribution >= 4 is 33.2 Å². The largest absolute Gasteiger partial charge is 0.376 e. The minimum absolute atomic E-state index is 0.000467. The Kier molecular flexibility index (Phi) is 9.02. The first-order valence-electron chi connectivity index (χ1n) is 10.3. The van der Waals surface area contributed by atoms with Crippen LogP contribution in [0.25, 0.3) is 0 Å². The highest BCUT2D eigenvalue weighted by molar-refractivity contribution is 7.89. The van der Waals surface area contributed by atoms with Gasteiger partial charge in [0.05, 0.1) is 11.4 Å². The number of nitrogens with one attached hydrogen (secondary N) is 3. The molecule has 9 heteroatoms. The number of hydrogen-bond acceptors (Lipinski definition) is 5. The maximum atomic E-state index is 12.5. The summed E-state index contributed by atoms with van der Waals surface area (Å²) >= 11 is 0. The lowest BCUT2D eigenvalue weighted by Gasteiger charge is -2.18. The van der Waals surface area contributed by atoms with Gasteiger partial charge in [0.25, 0.3) is 5.91 Å². The number of carbonyl (C=O) groups excluding carboxylic acids is 2. The van der Waals surface area contributed by atoms with E-state index in [4.69, 9.17) is 0 Å². The Hall–Kier alpha value is -2.91. The zero-order valence-corrected chi connectivity index (χ0v) is 19.0. The number of sulfonamides is 1. The molecule has 0 fully saturated rings. The molecule has 31 heavy (non-hydrogen) atoms. The third kappa shape index (κ3) is 6.80. The van der Waals surface area contributed by atoms with E-state index in [2.05, 4.69) is 16.0 Å². The Morgan fingerprint density at radius 2 is 1.61 bits per heavy atom. The molecule has 0 aromatic heterocycles. The van der Waals surface area contributed by atoms with Crippen LogP contribution in [0, 0.1) is 0 Å². The number of benzene rings is 2. The quantitative estimate of drug-likeness (QED) is 0.492. The fraction of sp³-hybridized carbons (Fsp3) is 0.364. The minimum Gasteiger partial charge on any atom is -0.376 e. The molecule has 0 aliphatic heterocycles. The molecule has 0 unspecified atom stereocenters. The van der Waals surface area contributed by atoms with E-state index in [-0.39, 0.29) is 23.3 Å². The molecule has 0 aliphatic rings. The van der Waals surface area contributed by atoms with Gasteiger partial charge in [-0.3, -0.25) is 9.59 Å². The summed E-state index contributed by atoms with van der Waals surface area (Å²) in [6, 6.07) is 13.0. The van der Waals surface area contributed by atoms with Crippen molar-refractivity contribution in [1.29, 1.82) is 0 Å². The highest BCUT2D eigenvalue weighted by Gasteiger charge is 2.21. The molecule has 2 aromatic rings. The molecule has 0 saturated carbocycles. The van der Waals surface area contributed by atoms with Gasteiger partial charge in [0, 0.05) is 36.6 Å². The highest BCUT2D eigenvalue weighted by Crippen LogP contribution is 2.18. The molecule has 0 bridgehead atoms. The summed E-state index contributed by atoms with van der Waals surface area (Å²) in [6.07, 6.45) is 0.853. The lowest BCUT2D eigenvalue weighted by Crippen LogP contribution is -2.30. The molecule has 168 valence electrons. The van der Waals surface area contributed by atoms with Crippen LogP contribution < -0.4 is 16.0 Å². The Labute approximate surface area is 184 Å². The first-order valence-corrected chi connectivity index (χ1v) is 11.8. The minimum atomic E-state index is -3.53. The van der Waals surface area contributed by atoms with E-state index >= 15 is 0 Å². The number of hydrogen-bond donors (Lipinski definition) is 3. The molecule has 2 aromatic carbocycles. The average molecular weight is 447 g/mol. The van der Waals surface area contributed by atoms with Crippen LogP contribution in [0.15, 0.2) is 53.4 Å². The SMILES string of the molecule is CCCNC(=O)c1cccc(NCC(=O)Nc2ccc(S(=O)(=O)N(CC)CC)cc2)c1. The van der Waals surface area contributed by atoms with Gasteiger partial charge < -0.3 is 16.0 Å². The molecule has 0 saturated heterocycles. The van der Waals surface area contributed by atoms with Gasteiger partial charge >= 0.3 is 0 Å². The fourth-order valence-corrected chi connectivity index (χ4v) is 4.38. The molecule has 0 heterocycles. The van der Waals surface area contributed by atoms with Gasteiger partial charge in [0.1, 0.15) is 0 Å². The predicted octanol–water partition coefficient (Wildman–Crippen LogP) is 2.91. The molecule has 8 nitrogen and oxygen atoms in total. The summed E-state index contributed by atoms with van der Waals surface area (Å²) in [5, 5.41) is 8.52. The van der Waals surface area contributed by atoms with Crippen molar-refractivity contribution in [3.63, 3.8) is 0 Å². The number of anilines is 2. The van der Waals surface area contributed by atoms with Crippen molar-refractivity contribution in [3.05, 3.63) is 54.1 Å². The average Bonchev–Trinajstić information content (AvgIpc) is 2.77. The summed E-state index contributed by atoms with van der Waals surface area (Å²) in [5.41, 5.74) is 1.67. The second kappa shape index (κ2) is 11.5. The van der Waals surface area contributed by atoms with Crippen molar-refractivity contribution in [2.75, 3.05) is 36.8 Å². The van der Waals surface area contributed by atoms with E-state index < -0.39 is 10.0 Å². The molecule has 2 rings (SSSR count). The van der Waals surface area contributed by atoms with E-state index in [1.54, 1.807) is 50.2 Å². The molecule has 0 spiro atoms. The monoisotopic (exact) mass is 446 g/mol. The predicted molar refractivity (Wildman–Crippen MR) is 123 cm³/mol. The zero-order chi connectivity index (χ0) is 22.9. The number of rotatable bonds is 11.